The summed E-state index contributed by atoms with van der Waals surface area (Å²) >= 11 is 0. The van der Waals surface area contributed by atoms with Crippen LogP contribution in [0.15, 0.2) is 4.52 Å². The summed E-state index contributed by atoms with van der Waals surface area (Å²) in [5, 5.41) is 7.09. The molecule has 0 atom stereocenters. The third kappa shape index (κ3) is 3.00. The van der Waals surface area contributed by atoms with Crippen LogP contribution in [-0.2, 0) is 6.54 Å². The summed E-state index contributed by atoms with van der Waals surface area (Å²) in [6, 6.07) is 0. The summed E-state index contributed by atoms with van der Waals surface area (Å²) in [6.45, 7) is 2.73. The fraction of sp³-hybridized carbons (Fsp3) is 0.800. The van der Waals surface area contributed by atoms with Crippen LogP contribution in [0.25, 0.3) is 0 Å². The highest BCUT2D eigenvalue weighted by Crippen LogP contribution is 2.38. The largest absolute Gasteiger partial charge is 0.339 e. The van der Waals surface area contributed by atoms with Gasteiger partial charge in [0.1, 0.15) is 0 Å². The van der Waals surface area contributed by atoms with Crippen LogP contribution in [0.4, 0.5) is 0 Å². The Morgan fingerprint density at radius 3 is 3.00 bits per heavy atom. The summed E-state index contributed by atoms with van der Waals surface area (Å²) in [4.78, 5) is 6.56. The van der Waals surface area contributed by atoms with Crippen LogP contribution >= 0.6 is 0 Å². The lowest BCUT2D eigenvalue weighted by atomic mass is 10.4. The first kappa shape index (κ1) is 10.6. The molecule has 0 bridgehead atoms. The van der Waals surface area contributed by atoms with Crippen molar-refractivity contribution in [3.8, 4) is 0 Å². The van der Waals surface area contributed by atoms with Gasteiger partial charge in [0, 0.05) is 19.0 Å². The first-order chi connectivity index (χ1) is 7.29. The predicted octanol–water partition coefficient (Wildman–Crippen LogP) is 0.598. The van der Waals surface area contributed by atoms with Crippen molar-refractivity contribution in [3.05, 3.63) is 11.7 Å². The Bertz CT molecular complexity index is 308. The second kappa shape index (κ2) is 4.72. The molecule has 2 rings (SSSR count). The molecule has 1 heterocycles. The molecule has 0 aromatic carbocycles. The van der Waals surface area contributed by atoms with Crippen LogP contribution in [0.2, 0.25) is 0 Å². The van der Waals surface area contributed by atoms with Crippen LogP contribution in [0, 0.1) is 0 Å². The highest BCUT2D eigenvalue weighted by molar-refractivity contribution is 5.01. The monoisotopic (exact) mass is 210 g/mol. The zero-order chi connectivity index (χ0) is 10.7. The molecule has 0 aliphatic heterocycles. The second-order valence-electron chi connectivity index (χ2n) is 4.16. The molecule has 0 unspecified atom stereocenters. The fourth-order valence-corrected chi connectivity index (χ4v) is 1.45. The van der Waals surface area contributed by atoms with Crippen LogP contribution in [0.3, 0.4) is 0 Å². The van der Waals surface area contributed by atoms with E-state index in [9.17, 15) is 0 Å². The van der Waals surface area contributed by atoms with Crippen LogP contribution in [-0.4, -0.2) is 42.2 Å². The minimum absolute atomic E-state index is 0.550. The van der Waals surface area contributed by atoms with Gasteiger partial charge in [0.05, 0.1) is 6.54 Å². The van der Waals surface area contributed by atoms with Gasteiger partial charge < -0.3 is 9.84 Å². The van der Waals surface area contributed by atoms with E-state index in [1.165, 1.54) is 12.8 Å². The highest BCUT2D eigenvalue weighted by Gasteiger charge is 2.29. The van der Waals surface area contributed by atoms with Crippen LogP contribution in [0.5, 0.6) is 0 Å². The molecule has 0 amide bonds. The van der Waals surface area contributed by atoms with Gasteiger partial charge >= 0.3 is 0 Å². The molecule has 5 nitrogen and oxygen atoms in total. The zero-order valence-electron chi connectivity index (χ0n) is 9.36. The van der Waals surface area contributed by atoms with Crippen molar-refractivity contribution < 1.29 is 4.52 Å². The summed E-state index contributed by atoms with van der Waals surface area (Å²) in [7, 11) is 4.01. The van der Waals surface area contributed by atoms with Crippen molar-refractivity contribution in [2.75, 3.05) is 27.2 Å². The molecule has 1 aliphatic carbocycles. The average Bonchev–Trinajstić information content (AvgIpc) is 2.98. The van der Waals surface area contributed by atoms with Gasteiger partial charge in [-0.2, -0.15) is 4.98 Å². The minimum atomic E-state index is 0.550. The Hall–Kier alpha value is -0.940. The summed E-state index contributed by atoms with van der Waals surface area (Å²) in [6.07, 6.45) is 2.41. The van der Waals surface area contributed by atoms with Crippen molar-refractivity contribution in [1.29, 1.82) is 0 Å². The van der Waals surface area contributed by atoms with E-state index in [0.717, 1.165) is 31.3 Å². The zero-order valence-corrected chi connectivity index (χ0v) is 9.36. The van der Waals surface area contributed by atoms with Gasteiger partial charge in [-0.05, 0) is 26.9 Å². The maximum atomic E-state index is 5.19. The Labute approximate surface area is 89.8 Å². The molecule has 0 spiro atoms. The van der Waals surface area contributed by atoms with Gasteiger partial charge in [-0.1, -0.05) is 5.16 Å². The van der Waals surface area contributed by atoms with Crippen LogP contribution in [0.1, 0.15) is 30.5 Å². The molecular formula is C10H18N4O. The molecule has 1 aromatic rings. The minimum Gasteiger partial charge on any atom is -0.339 e. The molecule has 1 fully saturated rings. The van der Waals surface area contributed by atoms with Gasteiger partial charge in [0.2, 0.25) is 5.89 Å². The molecular weight excluding hydrogens is 192 g/mol. The first-order valence-electron chi connectivity index (χ1n) is 5.45. The number of aromatic nitrogens is 2. The van der Waals surface area contributed by atoms with E-state index >= 15 is 0 Å². The molecule has 15 heavy (non-hydrogen) atoms. The number of nitrogens with one attached hydrogen (secondary N) is 1. The molecule has 1 aliphatic rings. The second-order valence-corrected chi connectivity index (χ2v) is 4.16. The molecule has 1 aromatic heterocycles. The van der Waals surface area contributed by atoms with E-state index in [1.807, 2.05) is 7.05 Å². The summed E-state index contributed by atoms with van der Waals surface area (Å²) in [5.74, 6) is 2.18. The standard InChI is InChI=1S/C10H18N4O/c1-11-5-6-14(2)7-9-12-10(15-13-9)8-3-4-8/h8,11H,3-7H2,1-2H3. The summed E-state index contributed by atoms with van der Waals surface area (Å²) < 4.78 is 5.19. The number of rotatable bonds is 6. The molecule has 84 valence electrons. The lowest BCUT2D eigenvalue weighted by Crippen LogP contribution is -2.27. The maximum Gasteiger partial charge on any atom is 0.229 e. The third-order valence-corrected chi connectivity index (χ3v) is 2.57. The number of hydrogen-bond donors (Lipinski definition) is 1. The SMILES string of the molecule is CNCCN(C)Cc1noc(C2CC2)n1. The van der Waals surface area contributed by atoms with Crippen molar-refractivity contribution in [1.82, 2.24) is 20.4 Å². The topological polar surface area (TPSA) is 54.2 Å². The van der Waals surface area contributed by atoms with Gasteiger partial charge in [-0.25, -0.2) is 0 Å². The number of likely N-dealkylation sites (N-methyl/N-ethyl adjacent to an activating group) is 2. The Morgan fingerprint density at radius 2 is 2.33 bits per heavy atom. The molecule has 1 saturated carbocycles. The van der Waals surface area contributed by atoms with Gasteiger partial charge in [-0.15, -0.1) is 0 Å². The lowest BCUT2D eigenvalue weighted by Gasteiger charge is -2.13. The van der Waals surface area contributed by atoms with Gasteiger partial charge in [0.25, 0.3) is 0 Å². The highest BCUT2D eigenvalue weighted by atomic mass is 16.5. The maximum absolute atomic E-state index is 5.19. The predicted molar refractivity (Wildman–Crippen MR) is 56.5 cm³/mol. The van der Waals surface area contributed by atoms with Crippen molar-refractivity contribution in [2.24, 2.45) is 0 Å². The average molecular weight is 210 g/mol. The van der Waals surface area contributed by atoms with Crippen molar-refractivity contribution in [2.45, 2.75) is 25.3 Å². The van der Waals surface area contributed by atoms with E-state index in [2.05, 4.69) is 27.4 Å². The van der Waals surface area contributed by atoms with E-state index in [4.69, 9.17) is 4.52 Å². The smallest absolute Gasteiger partial charge is 0.229 e. The quantitative estimate of drug-likeness (QED) is 0.745. The van der Waals surface area contributed by atoms with E-state index in [1.54, 1.807) is 0 Å². The molecule has 0 radical (unpaired) electrons. The third-order valence-electron chi connectivity index (χ3n) is 2.57. The molecule has 5 heteroatoms. The van der Waals surface area contributed by atoms with Crippen molar-refractivity contribution in [3.63, 3.8) is 0 Å². The van der Waals surface area contributed by atoms with Gasteiger partial charge in [-0.3, -0.25) is 4.90 Å². The number of nitrogens with zero attached hydrogens (tertiary/aromatic N) is 3. The molecule has 1 N–H and O–H groups in total. The fourth-order valence-electron chi connectivity index (χ4n) is 1.45. The summed E-state index contributed by atoms with van der Waals surface area (Å²) in [5.41, 5.74) is 0. The first-order valence-corrected chi connectivity index (χ1v) is 5.45. The Kier molecular flexibility index (Phi) is 3.33. The Morgan fingerprint density at radius 1 is 1.53 bits per heavy atom. The van der Waals surface area contributed by atoms with E-state index in [0.29, 0.717) is 5.92 Å². The van der Waals surface area contributed by atoms with Gasteiger partial charge in [0.15, 0.2) is 5.82 Å². The van der Waals surface area contributed by atoms with E-state index in [-0.39, 0.29) is 0 Å². The molecule has 0 saturated heterocycles. The van der Waals surface area contributed by atoms with E-state index < -0.39 is 0 Å². The Balaban J connectivity index is 1.81. The van der Waals surface area contributed by atoms with Crippen molar-refractivity contribution >= 4 is 0 Å². The number of hydrogen-bond acceptors (Lipinski definition) is 5. The lowest BCUT2D eigenvalue weighted by molar-refractivity contribution is 0.308. The van der Waals surface area contributed by atoms with Crippen LogP contribution < -0.4 is 5.32 Å². The normalized spacial score (nSPS) is 16.2.